The summed E-state index contributed by atoms with van der Waals surface area (Å²) < 4.78 is 27.5. The van der Waals surface area contributed by atoms with E-state index in [0.29, 0.717) is 25.5 Å². The fourth-order valence-corrected chi connectivity index (χ4v) is 2.85. The molecule has 1 unspecified atom stereocenters. The van der Waals surface area contributed by atoms with Crippen LogP contribution in [0.3, 0.4) is 0 Å². The highest BCUT2D eigenvalue weighted by molar-refractivity contribution is 14.0. The van der Waals surface area contributed by atoms with Gasteiger partial charge < -0.3 is 15.4 Å². The average Bonchev–Trinajstić information content (AvgIpc) is 2.49. The third-order valence-corrected chi connectivity index (χ3v) is 4.27. The fourth-order valence-electron chi connectivity index (χ4n) is 2.07. The lowest BCUT2D eigenvalue weighted by Gasteiger charge is -2.17. The molecule has 0 heterocycles. The Labute approximate surface area is 162 Å². The highest BCUT2D eigenvalue weighted by atomic mass is 127. The van der Waals surface area contributed by atoms with E-state index >= 15 is 0 Å². The first-order chi connectivity index (χ1) is 10.8. The number of sulfone groups is 1. The van der Waals surface area contributed by atoms with Gasteiger partial charge in [-0.15, -0.1) is 24.0 Å². The molecular weight excluding hydrogens is 441 g/mol. The molecule has 24 heavy (non-hydrogen) atoms. The number of nitrogens with zero attached hydrogens (tertiary/aromatic N) is 1. The Morgan fingerprint density at radius 3 is 2.58 bits per heavy atom. The minimum absolute atomic E-state index is 0. The van der Waals surface area contributed by atoms with Crippen molar-refractivity contribution in [1.29, 1.82) is 0 Å². The lowest BCUT2D eigenvalue weighted by Crippen LogP contribution is -2.42. The molecule has 0 aliphatic heterocycles. The van der Waals surface area contributed by atoms with Crippen LogP contribution in [-0.2, 0) is 27.7 Å². The van der Waals surface area contributed by atoms with Gasteiger partial charge in [-0.25, -0.2) is 8.42 Å². The van der Waals surface area contributed by atoms with Crippen molar-refractivity contribution in [3.63, 3.8) is 0 Å². The van der Waals surface area contributed by atoms with Crippen LogP contribution in [0.15, 0.2) is 29.3 Å². The summed E-state index contributed by atoms with van der Waals surface area (Å²) in [6, 6.07) is 8.16. The van der Waals surface area contributed by atoms with E-state index in [-0.39, 0.29) is 35.8 Å². The summed E-state index contributed by atoms with van der Waals surface area (Å²) in [4.78, 5) is 4.17. The van der Waals surface area contributed by atoms with Crippen molar-refractivity contribution >= 4 is 39.8 Å². The van der Waals surface area contributed by atoms with Gasteiger partial charge in [-0.2, -0.15) is 0 Å². The maximum absolute atomic E-state index is 11.2. The minimum Gasteiger partial charge on any atom is -0.380 e. The predicted octanol–water partition coefficient (Wildman–Crippen LogP) is 1.94. The molecule has 0 saturated carbocycles. The molecule has 0 amide bonds. The van der Waals surface area contributed by atoms with Crippen LogP contribution in [0.1, 0.15) is 24.5 Å². The van der Waals surface area contributed by atoms with Gasteiger partial charge in [0.15, 0.2) is 5.96 Å². The standard InChI is InChI=1S/C16H27N3O3S.HI/c1-13(8-9-23(4,20)21)19-16(17-2)18-11-14-6-5-7-15(10-14)12-22-3;/h5-7,10,13H,8-9,11-12H2,1-4H3,(H2,17,18,19);1H. The van der Waals surface area contributed by atoms with E-state index < -0.39 is 9.84 Å². The third kappa shape index (κ3) is 10.1. The summed E-state index contributed by atoms with van der Waals surface area (Å²) in [5, 5.41) is 6.43. The second-order valence-electron chi connectivity index (χ2n) is 5.64. The van der Waals surface area contributed by atoms with E-state index in [1.165, 1.54) is 6.26 Å². The molecule has 0 spiro atoms. The van der Waals surface area contributed by atoms with E-state index in [1.54, 1.807) is 14.2 Å². The van der Waals surface area contributed by atoms with Crippen LogP contribution in [0, 0.1) is 0 Å². The number of guanidine groups is 1. The van der Waals surface area contributed by atoms with Gasteiger partial charge in [0.05, 0.1) is 12.4 Å². The number of nitrogens with one attached hydrogen (secondary N) is 2. The first kappa shape index (κ1) is 23.1. The summed E-state index contributed by atoms with van der Waals surface area (Å²) >= 11 is 0. The maximum atomic E-state index is 11.2. The number of hydrogen-bond acceptors (Lipinski definition) is 4. The molecule has 1 aromatic rings. The van der Waals surface area contributed by atoms with Crippen molar-refractivity contribution < 1.29 is 13.2 Å². The quantitative estimate of drug-likeness (QED) is 0.346. The molecule has 0 aliphatic rings. The molecule has 138 valence electrons. The highest BCUT2D eigenvalue weighted by Crippen LogP contribution is 2.06. The van der Waals surface area contributed by atoms with Gasteiger partial charge >= 0.3 is 0 Å². The van der Waals surface area contributed by atoms with Gasteiger partial charge in [0.2, 0.25) is 0 Å². The van der Waals surface area contributed by atoms with Crippen molar-refractivity contribution in [2.24, 2.45) is 4.99 Å². The van der Waals surface area contributed by atoms with E-state index in [1.807, 2.05) is 25.1 Å². The number of aliphatic imine (C=N–C) groups is 1. The Hall–Kier alpha value is -0.870. The zero-order valence-corrected chi connectivity index (χ0v) is 17.9. The normalized spacial score (nSPS) is 13.1. The van der Waals surface area contributed by atoms with E-state index in [2.05, 4.69) is 21.7 Å². The van der Waals surface area contributed by atoms with Crippen molar-refractivity contribution in [3.05, 3.63) is 35.4 Å². The second kappa shape index (κ2) is 11.6. The molecule has 0 radical (unpaired) electrons. The molecule has 8 heteroatoms. The highest BCUT2D eigenvalue weighted by Gasteiger charge is 2.09. The minimum atomic E-state index is -2.94. The predicted molar refractivity (Wildman–Crippen MR) is 110 cm³/mol. The fraction of sp³-hybridized carbons (Fsp3) is 0.562. The van der Waals surface area contributed by atoms with Crippen LogP contribution >= 0.6 is 24.0 Å². The first-order valence-electron chi connectivity index (χ1n) is 7.55. The first-order valence-corrected chi connectivity index (χ1v) is 9.61. The molecule has 0 aliphatic carbocycles. The van der Waals surface area contributed by atoms with Crippen molar-refractivity contribution in [2.75, 3.05) is 26.2 Å². The number of halogens is 1. The van der Waals surface area contributed by atoms with Gasteiger partial charge in [0.25, 0.3) is 0 Å². The largest absolute Gasteiger partial charge is 0.380 e. The van der Waals surface area contributed by atoms with Gasteiger partial charge in [0, 0.05) is 33.0 Å². The molecule has 0 bridgehead atoms. The molecule has 0 fully saturated rings. The number of rotatable bonds is 8. The van der Waals surface area contributed by atoms with Crippen LogP contribution < -0.4 is 10.6 Å². The van der Waals surface area contributed by atoms with Crippen LogP contribution in [0.4, 0.5) is 0 Å². The van der Waals surface area contributed by atoms with Crippen LogP contribution in [-0.4, -0.2) is 46.6 Å². The van der Waals surface area contributed by atoms with E-state index in [9.17, 15) is 8.42 Å². The van der Waals surface area contributed by atoms with Gasteiger partial charge in [-0.3, -0.25) is 4.99 Å². The van der Waals surface area contributed by atoms with E-state index in [4.69, 9.17) is 4.74 Å². The number of methoxy groups -OCH3 is 1. The van der Waals surface area contributed by atoms with E-state index in [0.717, 1.165) is 11.1 Å². The summed E-state index contributed by atoms with van der Waals surface area (Å²) in [6.45, 7) is 3.16. The monoisotopic (exact) mass is 469 g/mol. The maximum Gasteiger partial charge on any atom is 0.191 e. The molecule has 0 aromatic heterocycles. The molecule has 0 saturated heterocycles. The van der Waals surface area contributed by atoms with Gasteiger partial charge in [-0.05, 0) is 24.5 Å². The second-order valence-corrected chi connectivity index (χ2v) is 7.90. The molecule has 1 atom stereocenters. The van der Waals surface area contributed by atoms with Crippen molar-refractivity contribution in [2.45, 2.75) is 32.5 Å². The zero-order chi connectivity index (χ0) is 17.3. The van der Waals surface area contributed by atoms with Crippen molar-refractivity contribution in [3.8, 4) is 0 Å². The van der Waals surface area contributed by atoms with Crippen LogP contribution in [0.25, 0.3) is 0 Å². The topological polar surface area (TPSA) is 79.8 Å². The van der Waals surface area contributed by atoms with Crippen LogP contribution in [0.2, 0.25) is 0 Å². The van der Waals surface area contributed by atoms with Gasteiger partial charge in [0.1, 0.15) is 9.84 Å². The Morgan fingerprint density at radius 2 is 2.00 bits per heavy atom. The molecule has 1 aromatic carbocycles. The smallest absolute Gasteiger partial charge is 0.191 e. The Balaban J connectivity index is 0.00000529. The molecule has 6 nitrogen and oxygen atoms in total. The average molecular weight is 469 g/mol. The number of benzene rings is 1. The molecule has 2 N–H and O–H groups in total. The molecule has 1 rings (SSSR count). The van der Waals surface area contributed by atoms with Crippen molar-refractivity contribution in [1.82, 2.24) is 10.6 Å². The number of ether oxygens (including phenoxy) is 1. The SMILES string of the molecule is CN=C(NCc1cccc(COC)c1)NC(C)CCS(C)(=O)=O.I. The third-order valence-electron chi connectivity index (χ3n) is 3.29. The summed E-state index contributed by atoms with van der Waals surface area (Å²) in [6.07, 6.45) is 1.79. The Bertz CT molecular complexity index is 621. The number of hydrogen-bond donors (Lipinski definition) is 2. The van der Waals surface area contributed by atoms with Gasteiger partial charge in [-0.1, -0.05) is 24.3 Å². The Kier molecular flexibility index (Phi) is 11.2. The van der Waals surface area contributed by atoms with Crippen LogP contribution in [0.5, 0.6) is 0 Å². The lowest BCUT2D eigenvalue weighted by atomic mass is 10.1. The summed E-state index contributed by atoms with van der Waals surface area (Å²) in [5.41, 5.74) is 2.25. The zero-order valence-electron chi connectivity index (χ0n) is 14.7. The molecular formula is C16H28IN3O3S. The summed E-state index contributed by atoms with van der Waals surface area (Å²) in [7, 11) is 0.430. The summed E-state index contributed by atoms with van der Waals surface area (Å²) in [5.74, 6) is 0.820. The lowest BCUT2D eigenvalue weighted by molar-refractivity contribution is 0.185. The Morgan fingerprint density at radius 1 is 1.33 bits per heavy atom.